The average Bonchev–Trinajstić information content (AvgIpc) is 2.82. The molecule has 0 saturated heterocycles. The van der Waals surface area contributed by atoms with Gasteiger partial charge >= 0.3 is 5.69 Å². The molecule has 4 nitrogen and oxygen atoms in total. The first-order chi connectivity index (χ1) is 9.77. The van der Waals surface area contributed by atoms with Gasteiger partial charge in [-0.25, -0.2) is 9.89 Å². The summed E-state index contributed by atoms with van der Waals surface area (Å²) in [6.45, 7) is 0. The molecule has 0 fully saturated rings. The number of benzene rings is 2. The second-order valence-electron chi connectivity index (χ2n) is 4.45. The number of aromatic nitrogens is 3. The molecule has 2 aromatic carbocycles. The SMILES string of the molecule is O=c1[nH][nH]c(=S)n1C(c1ccccc1)c1ccccc1. The topological polar surface area (TPSA) is 53.6 Å². The first-order valence-electron chi connectivity index (χ1n) is 6.26. The highest BCUT2D eigenvalue weighted by Crippen LogP contribution is 2.25. The number of hydrogen-bond acceptors (Lipinski definition) is 2. The van der Waals surface area contributed by atoms with Crippen molar-refractivity contribution in [3.8, 4) is 0 Å². The van der Waals surface area contributed by atoms with Crippen molar-refractivity contribution in [3.05, 3.63) is 87.0 Å². The van der Waals surface area contributed by atoms with Gasteiger partial charge in [0, 0.05) is 0 Å². The first-order valence-corrected chi connectivity index (χ1v) is 6.67. The second-order valence-corrected chi connectivity index (χ2v) is 4.84. The molecule has 0 unspecified atom stereocenters. The molecule has 20 heavy (non-hydrogen) atoms. The van der Waals surface area contributed by atoms with E-state index in [0.717, 1.165) is 11.1 Å². The quantitative estimate of drug-likeness (QED) is 0.726. The van der Waals surface area contributed by atoms with E-state index in [0.29, 0.717) is 4.77 Å². The summed E-state index contributed by atoms with van der Waals surface area (Å²) in [6.07, 6.45) is 0. The van der Waals surface area contributed by atoms with Crippen molar-refractivity contribution in [2.24, 2.45) is 0 Å². The second kappa shape index (κ2) is 5.30. The van der Waals surface area contributed by atoms with Crippen LogP contribution in [-0.2, 0) is 0 Å². The lowest BCUT2D eigenvalue weighted by molar-refractivity contribution is 0.644. The molecular formula is C15H13N3OS. The molecule has 0 atom stereocenters. The van der Waals surface area contributed by atoms with Gasteiger partial charge in [-0.3, -0.25) is 9.67 Å². The molecule has 3 rings (SSSR count). The van der Waals surface area contributed by atoms with Crippen LogP contribution in [0.5, 0.6) is 0 Å². The van der Waals surface area contributed by atoms with Crippen LogP contribution in [0.15, 0.2) is 65.5 Å². The minimum atomic E-state index is -0.243. The summed E-state index contributed by atoms with van der Waals surface area (Å²) in [5.41, 5.74) is 1.78. The molecule has 0 saturated carbocycles. The Labute approximate surface area is 120 Å². The van der Waals surface area contributed by atoms with Crippen molar-refractivity contribution in [2.45, 2.75) is 6.04 Å². The molecule has 0 bridgehead atoms. The Morgan fingerprint density at radius 1 is 0.850 bits per heavy atom. The number of H-pyrrole nitrogens is 2. The van der Waals surface area contributed by atoms with Crippen molar-refractivity contribution >= 4 is 12.2 Å². The predicted octanol–water partition coefficient (Wildman–Crippen LogP) is 2.87. The maximum atomic E-state index is 12.0. The van der Waals surface area contributed by atoms with E-state index in [1.54, 1.807) is 4.57 Å². The van der Waals surface area contributed by atoms with Gasteiger partial charge in [0.1, 0.15) is 0 Å². The molecule has 2 N–H and O–H groups in total. The number of aromatic amines is 2. The van der Waals surface area contributed by atoms with Gasteiger partial charge in [-0.2, -0.15) is 0 Å². The van der Waals surface area contributed by atoms with Crippen LogP contribution in [0.3, 0.4) is 0 Å². The van der Waals surface area contributed by atoms with Crippen molar-refractivity contribution in [1.82, 2.24) is 14.8 Å². The molecule has 100 valence electrons. The smallest absolute Gasteiger partial charge is 0.272 e. The van der Waals surface area contributed by atoms with Crippen LogP contribution in [0.1, 0.15) is 17.2 Å². The van der Waals surface area contributed by atoms with Crippen molar-refractivity contribution in [1.29, 1.82) is 0 Å². The Kier molecular flexibility index (Phi) is 3.35. The molecule has 5 heteroatoms. The van der Waals surface area contributed by atoms with Crippen LogP contribution in [0.25, 0.3) is 0 Å². The minimum absolute atomic E-state index is 0.236. The molecule has 1 heterocycles. The Morgan fingerprint density at radius 3 is 1.75 bits per heavy atom. The Morgan fingerprint density at radius 2 is 1.35 bits per heavy atom. The lowest BCUT2D eigenvalue weighted by Crippen LogP contribution is -2.24. The van der Waals surface area contributed by atoms with E-state index in [2.05, 4.69) is 10.2 Å². The van der Waals surface area contributed by atoms with Crippen LogP contribution >= 0.6 is 12.2 Å². The highest BCUT2D eigenvalue weighted by molar-refractivity contribution is 7.71. The van der Waals surface area contributed by atoms with Crippen molar-refractivity contribution in [3.63, 3.8) is 0 Å². The fourth-order valence-electron chi connectivity index (χ4n) is 2.32. The van der Waals surface area contributed by atoms with Gasteiger partial charge in [-0.15, -0.1) is 0 Å². The average molecular weight is 283 g/mol. The van der Waals surface area contributed by atoms with E-state index in [-0.39, 0.29) is 11.7 Å². The van der Waals surface area contributed by atoms with E-state index < -0.39 is 0 Å². The molecule has 0 amide bonds. The van der Waals surface area contributed by atoms with Gasteiger partial charge in [0.2, 0.25) is 0 Å². The summed E-state index contributed by atoms with van der Waals surface area (Å²) in [6, 6.07) is 19.4. The molecule has 0 aliphatic heterocycles. The fraction of sp³-hybridized carbons (Fsp3) is 0.0667. The molecule has 3 aromatic rings. The maximum absolute atomic E-state index is 12.0. The first kappa shape index (κ1) is 12.6. The highest BCUT2D eigenvalue weighted by atomic mass is 32.1. The molecule has 0 aliphatic rings. The van der Waals surface area contributed by atoms with Gasteiger partial charge in [-0.1, -0.05) is 60.7 Å². The molecule has 1 aromatic heterocycles. The lowest BCUT2D eigenvalue weighted by Gasteiger charge is -2.18. The summed E-state index contributed by atoms with van der Waals surface area (Å²) >= 11 is 5.23. The largest absolute Gasteiger partial charge is 0.343 e. The van der Waals surface area contributed by atoms with Gasteiger partial charge in [0.05, 0.1) is 6.04 Å². The van der Waals surface area contributed by atoms with Crippen LogP contribution in [0.2, 0.25) is 0 Å². The summed E-state index contributed by atoms with van der Waals surface area (Å²) in [4.78, 5) is 12.0. The van der Waals surface area contributed by atoms with Crippen molar-refractivity contribution < 1.29 is 0 Å². The van der Waals surface area contributed by atoms with Crippen LogP contribution in [0, 0.1) is 4.77 Å². The third-order valence-electron chi connectivity index (χ3n) is 3.20. The van der Waals surface area contributed by atoms with Crippen molar-refractivity contribution in [2.75, 3.05) is 0 Å². The Hall–Kier alpha value is -2.40. The van der Waals surface area contributed by atoms with Crippen LogP contribution < -0.4 is 5.69 Å². The Balaban J connectivity index is 2.25. The summed E-state index contributed by atoms with van der Waals surface area (Å²) in [5, 5.41) is 5.23. The number of hydrogen-bond donors (Lipinski definition) is 2. The zero-order chi connectivity index (χ0) is 13.9. The minimum Gasteiger partial charge on any atom is -0.272 e. The molecular weight excluding hydrogens is 270 g/mol. The van der Waals surface area contributed by atoms with E-state index in [9.17, 15) is 4.79 Å². The predicted molar refractivity (Wildman–Crippen MR) is 80.4 cm³/mol. The van der Waals surface area contributed by atoms with Gasteiger partial charge in [0.25, 0.3) is 0 Å². The molecule has 0 radical (unpaired) electrons. The highest BCUT2D eigenvalue weighted by Gasteiger charge is 2.19. The van der Waals surface area contributed by atoms with E-state index in [1.807, 2.05) is 60.7 Å². The summed E-state index contributed by atoms with van der Waals surface area (Å²) in [7, 11) is 0. The van der Waals surface area contributed by atoms with Gasteiger partial charge in [0.15, 0.2) is 4.77 Å². The normalized spacial score (nSPS) is 10.8. The van der Waals surface area contributed by atoms with E-state index in [4.69, 9.17) is 12.2 Å². The van der Waals surface area contributed by atoms with Crippen LogP contribution in [-0.4, -0.2) is 14.8 Å². The number of nitrogens with one attached hydrogen (secondary N) is 2. The zero-order valence-electron chi connectivity index (χ0n) is 10.6. The lowest BCUT2D eigenvalue weighted by atomic mass is 9.99. The third kappa shape index (κ3) is 2.23. The molecule has 0 aliphatic carbocycles. The van der Waals surface area contributed by atoms with Gasteiger partial charge < -0.3 is 0 Å². The molecule has 0 spiro atoms. The third-order valence-corrected chi connectivity index (χ3v) is 3.50. The maximum Gasteiger partial charge on any atom is 0.343 e. The standard InChI is InChI=1S/C15H13N3OS/c19-14-16-17-15(20)18(14)13(11-7-3-1-4-8-11)12-9-5-2-6-10-12/h1-10,13H,(H,16,19)(H,17,20). The fourth-order valence-corrected chi connectivity index (χ4v) is 2.55. The summed E-state index contributed by atoms with van der Waals surface area (Å²) in [5.74, 6) is 0. The van der Waals surface area contributed by atoms with E-state index in [1.165, 1.54) is 0 Å². The number of rotatable bonds is 3. The zero-order valence-corrected chi connectivity index (χ0v) is 11.4. The van der Waals surface area contributed by atoms with E-state index >= 15 is 0 Å². The summed E-state index contributed by atoms with van der Waals surface area (Å²) < 4.78 is 1.94. The van der Waals surface area contributed by atoms with Gasteiger partial charge in [-0.05, 0) is 23.3 Å². The van der Waals surface area contributed by atoms with Crippen LogP contribution in [0.4, 0.5) is 0 Å². The Bertz CT molecular complexity index is 735. The monoisotopic (exact) mass is 283 g/mol. The number of nitrogens with zero attached hydrogens (tertiary/aromatic N) is 1.